The molecule has 1 atom stereocenters. The monoisotopic (exact) mass is 335 g/mol. The maximum Gasteiger partial charge on any atom is 0.215 e. The minimum absolute atomic E-state index is 0.0820. The van der Waals surface area contributed by atoms with E-state index in [0.717, 1.165) is 30.3 Å². The van der Waals surface area contributed by atoms with Crippen LogP contribution in [0.3, 0.4) is 0 Å². The minimum Gasteiger partial charge on any atom is -0.475 e. The van der Waals surface area contributed by atoms with Crippen molar-refractivity contribution in [1.29, 1.82) is 0 Å². The molecule has 0 spiro atoms. The molecule has 0 saturated carbocycles. The van der Waals surface area contributed by atoms with Crippen molar-refractivity contribution in [2.45, 2.75) is 25.6 Å². The Hall–Kier alpha value is -0.360. The third kappa shape index (κ3) is 4.72. The molecule has 1 fully saturated rings. The molecule has 0 aliphatic carbocycles. The second kappa shape index (κ2) is 7.28. The van der Waals surface area contributed by atoms with Crippen molar-refractivity contribution in [3.63, 3.8) is 0 Å². The molecule has 0 unspecified atom stereocenters. The van der Waals surface area contributed by atoms with Gasteiger partial charge in [0.1, 0.15) is 11.8 Å². The van der Waals surface area contributed by atoms with Gasteiger partial charge in [-0.25, -0.2) is 4.98 Å². The zero-order valence-corrected chi connectivity index (χ0v) is 12.2. The highest BCUT2D eigenvalue weighted by molar-refractivity contribution is 9.10. The van der Waals surface area contributed by atoms with E-state index in [4.69, 9.17) is 25.8 Å². The second-order valence-corrected chi connectivity index (χ2v) is 5.26. The molecule has 0 N–H and O–H groups in total. The molecule has 100 valence electrons. The molecular formula is C12H15BrClNO3. The summed E-state index contributed by atoms with van der Waals surface area (Å²) < 4.78 is 17.3. The van der Waals surface area contributed by atoms with Gasteiger partial charge in [-0.05, 0) is 25.3 Å². The van der Waals surface area contributed by atoms with E-state index >= 15 is 0 Å². The van der Waals surface area contributed by atoms with Crippen molar-refractivity contribution in [3.05, 3.63) is 21.8 Å². The number of aromatic nitrogens is 1. The standard InChI is InChI=1S/C12H15BrClNO3/c13-9-7-10(14)15-11(8-9)16-5-6-18-12-3-1-2-4-17-12/h7-8,12H,1-6H2/t12-/m1/s1. The summed E-state index contributed by atoms with van der Waals surface area (Å²) in [5, 5.41) is 0.399. The third-order valence-corrected chi connectivity index (χ3v) is 3.16. The summed E-state index contributed by atoms with van der Waals surface area (Å²) in [5.41, 5.74) is 0. The van der Waals surface area contributed by atoms with E-state index in [-0.39, 0.29) is 6.29 Å². The van der Waals surface area contributed by atoms with Gasteiger partial charge in [-0.15, -0.1) is 0 Å². The number of ether oxygens (including phenoxy) is 3. The van der Waals surface area contributed by atoms with Crippen LogP contribution in [0.1, 0.15) is 19.3 Å². The Labute approximate surface area is 120 Å². The first-order valence-corrected chi connectivity index (χ1v) is 7.10. The van der Waals surface area contributed by atoms with Gasteiger partial charge in [0.25, 0.3) is 0 Å². The first-order valence-electron chi connectivity index (χ1n) is 5.93. The van der Waals surface area contributed by atoms with E-state index in [1.165, 1.54) is 0 Å². The third-order valence-electron chi connectivity index (χ3n) is 2.51. The summed E-state index contributed by atoms with van der Waals surface area (Å²) in [5.74, 6) is 0.488. The van der Waals surface area contributed by atoms with Gasteiger partial charge in [0, 0.05) is 17.1 Å². The Morgan fingerprint density at radius 2 is 2.28 bits per heavy atom. The molecule has 1 aliphatic rings. The summed E-state index contributed by atoms with van der Waals surface area (Å²) in [6.45, 7) is 1.70. The van der Waals surface area contributed by atoms with E-state index in [1.807, 2.05) is 0 Å². The quantitative estimate of drug-likeness (QED) is 0.610. The van der Waals surface area contributed by atoms with E-state index in [2.05, 4.69) is 20.9 Å². The first-order chi connectivity index (χ1) is 8.74. The van der Waals surface area contributed by atoms with Crippen LogP contribution < -0.4 is 4.74 Å². The highest BCUT2D eigenvalue weighted by Crippen LogP contribution is 2.20. The highest BCUT2D eigenvalue weighted by atomic mass is 79.9. The van der Waals surface area contributed by atoms with Crippen LogP contribution in [-0.4, -0.2) is 31.1 Å². The summed E-state index contributed by atoms with van der Waals surface area (Å²) in [7, 11) is 0. The number of rotatable bonds is 5. The molecule has 0 bridgehead atoms. The Morgan fingerprint density at radius 3 is 3.00 bits per heavy atom. The van der Waals surface area contributed by atoms with Crippen LogP contribution in [0.2, 0.25) is 5.15 Å². The fourth-order valence-electron chi connectivity index (χ4n) is 1.69. The Bertz CT molecular complexity index is 365. The van der Waals surface area contributed by atoms with E-state index < -0.39 is 0 Å². The fraction of sp³-hybridized carbons (Fsp3) is 0.583. The lowest BCUT2D eigenvalue weighted by Gasteiger charge is -2.22. The number of hydrogen-bond acceptors (Lipinski definition) is 4. The maximum absolute atomic E-state index is 5.81. The normalized spacial score (nSPS) is 19.8. The lowest BCUT2D eigenvalue weighted by molar-refractivity contribution is -0.165. The van der Waals surface area contributed by atoms with Crippen LogP contribution in [0.4, 0.5) is 0 Å². The van der Waals surface area contributed by atoms with Crippen LogP contribution in [-0.2, 0) is 9.47 Å². The molecule has 1 aromatic heterocycles. The molecule has 18 heavy (non-hydrogen) atoms. The largest absolute Gasteiger partial charge is 0.475 e. The van der Waals surface area contributed by atoms with E-state index in [0.29, 0.717) is 24.2 Å². The predicted octanol–water partition coefficient (Wildman–Crippen LogP) is 3.42. The van der Waals surface area contributed by atoms with Gasteiger partial charge in [0.15, 0.2) is 6.29 Å². The van der Waals surface area contributed by atoms with Crippen molar-refractivity contribution in [3.8, 4) is 5.88 Å². The number of hydrogen-bond donors (Lipinski definition) is 0. The van der Waals surface area contributed by atoms with Gasteiger partial charge < -0.3 is 14.2 Å². The van der Waals surface area contributed by atoms with Crippen molar-refractivity contribution in [2.24, 2.45) is 0 Å². The molecule has 2 rings (SSSR count). The molecule has 0 radical (unpaired) electrons. The molecule has 0 aromatic carbocycles. The first kappa shape index (κ1) is 14.1. The maximum atomic E-state index is 5.81. The molecule has 0 amide bonds. The zero-order chi connectivity index (χ0) is 12.8. The molecular weight excluding hydrogens is 321 g/mol. The SMILES string of the molecule is Clc1cc(Br)cc(OCCO[C@@H]2CCCCO2)n1. The number of nitrogens with zero attached hydrogens (tertiary/aromatic N) is 1. The Balaban J connectivity index is 1.68. The number of halogens is 2. The average Bonchev–Trinajstić information content (AvgIpc) is 2.35. The van der Waals surface area contributed by atoms with Crippen LogP contribution in [0.15, 0.2) is 16.6 Å². The molecule has 1 saturated heterocycles. The Morgan fingerprint density at radius 1 is 1.39 bits per heavy atom. The van der Waals surface area contributed by atoms with Gasteiger partial charge >= 0.3 is 0 Å². The second-order valence-electron chi connectivity index (χ2n) is 3.96. The summed E-state index contributed by atoms with van der Waals surface area (Å²) in [4.78, 5) is 4.04. The van der Waals surface area contributed by atoms with Crippen LogP contribution in [0.5, 0.6) is 5.88 Å². The van der Waals surface area contributed by atoms with E-state index in [1.54, 1.807) is 12.1 Å². The minimum atomic E-state index is -0.0820. The van der Waals surface area contributed by atoms with Crippen molar-refractivity contribution in [2.75, 3.05) is 19.8 Å². The molecule has 1 aromatic rings. The van der Waals surface area contributed by atoms with Gasteiger partial charge in [0.05, 0.1) is 6.61 Å². The summed E-state index contributed by atoms with van der Waals surface area (Å²) in [6, 6.07) is 3.48. The molecule has 1 aliphatic heterocycles. The van der Waals surface area contributed by atoms with Crippen molar-refractivity contribution in [1.82, 2.24) is 4.98 Å². The number of pyridine rings is 1. The molecule has 2 heterocycles. The van der Waals surface area contributed by atoms with Crippen LogP contribution in [0.25, 0.3) is 0 Å². The highest BCUT2D eigenvalue weighted by Gasteiger charge is 2.13. The van der Waals surface area contributed by atoms with Gasteiger partial charge in [-0.3, -0.25) is 0 Å². The fourth-order valence-corrected chi connectivity index (χ4v) is 2.43. The van der Waals surface area contributed by atoms with E-state index in [9.17, 15) is 0 Å². The lowest BCUT2D eigenvalue weighted by Crippen LogP contribution is -2.24. The topological polar surface area (TPSA) is 40.6 Å². The lowest BCUT2D eigenvalue weighted by atomic mass is 10.2. The smallest absolute Gasteiger partial charge is 0.215 e. The molecule has 4 nitrogen and oxygen atoms in total. The van der Waals surface area contributed by atoms with Crippen LogP contribution >= 0.6 is 27.5 Å². The summed E-state index contributed by atoms with van der Waals surface area (Å²) in [6.07, 6.45) is 3.16. The Kier molecular flexibility index (Phi) is 5.69. The van der Waals surface area contributed by atoms with Gasteiger partial charge in [0.2, 0.25) is 5.88 Å². The van der Waals surface area contributed by atoms with Crippen molar-refractivity contribution < 1.29 is 14.2 Å². The van der Waals surface area contributed by atoms with Crippen molar-refractivity contribution >= 4 is 27.5 Å². The zero-order valence-electron chi connectivity index (χ0n) is 9.90. The predicted molar refractivity (Wildman–Crippen MR) is 72.0 cm³/mol. The summed E-state index contributed by atoms with van der Waals surface area (Å²) >= 11 is 9.14. The average molecular weight is 337 g/mol. The van der Waals surface area contributed by atoms with Gasteiger partial charge in [-0.1, -0.05) is 27.5 Å². The van der Waals surface area contributed by atoms with Crippen LogP contribution in [0, 0.1) is 0 Å². The molecule has 6 heteroatoms. The van der Waals surface area contributed by atoms with Gasteiger partial charge in [-0.2, -0.15) is 0 Å².